The van der Waals surface area contributed by atoms with E-state index in [-0.39, 0.29) is 0 Å². The minimum atomic E-state index is 0.291. The van der Waals surface area contributed by atoms with Crippen LogP contribution in [0.15, 0.2) is 29.2 Å². The third kappa shape index (κ3) is 2.36. The van der Waals surface area contributed by atoms with Gasteiger partial charge in [0.05, 0.1) is 5.75 Å². The van der Waals surface area contributed by atoms with Crippen molar-refractivity contribution in [3.8, 4) is 5.75 Å². The third-order valence-corrected chi connectivity index (χ3v) is 3.40. The molecule has 1 heterocycles. The standard InChI is InChI=1S/C11H13N3OS/c1-8-12-13-11(14(8)2)7-16-10-5-3-9(15)4-6-10/h3-6,15H,7H2,1-2H3. The Morgan fingerprint density at radius 3 is 2.50 bits per heavy atom. The molecular formula is C11H13N3OS. The Kier molecular flexibility index (Phi) is 3.14. The number of aromatic nitrogens is 3. The van der Waals surface area contributed by atoms with Crippen LogP contribution < -0.4 is 0 Å². The van der Waals surface area contributed by atoms with Crippen molar-refractivity contribution in [2.75, 3.05) is 0 Å². The van der Waals surface area contributed by atoms with Gasteiger partial charge in [0, 0.05) is 11.9 Å². The van der Waals surface area contributed by atoms with Gasteiger partial charge in [-0.2, -0.15) is 0 Å². The van der Waals surface area contributed by atoms with Crippen molar-refractivity contribution < 1.29 is 5.11 Å². The Labute approximate surface area is 98.3 Å². The van der Waals surface area contributed by atoms with Crippen molar-refractivity contribution in [1.82, 2.24) is 14.8 Å². The molecule has 2 rings (SSSR count). The molecule has 0 bridgehead atoms. The Morgan fingerprint density at radius 1 is 1.25 bits per heavy atom. The second kappa shape index (κ2) is 4.57. The first-order chi connectivity index (χ1) is 7.66. The number of aryl methyl sites for hydroxylation is 1. The topological polar surface area (TPSA) is 50.9 Å². The SMILES string of the molecule is Cc1nnc(CSc2ccc(O)cc2)n1C. The fourth-order valence-electron chi connectivity index (χ4n) is 1.27. The van der Waals surface area contributed by atoms with Crippen LogP contribution in [0.1, 0.15) is 11.6 Å². The predicted octanol–water partition coefficient (Wildman–Crippen LogP) is 2.12. The maximum Gasteiger partial charge on any atom is 0.143 e. The molecule has 2 aromatic rings. The van der Waals surface area contributed by atoms with Crippen LogP contribution in [-0.2, 0) is 12.8 Å². The second-order valence-electron chi connectivity index (χ2n) is 3.51. The van der Waals surface area contributed by atoms with Gasteiger partial charge in [0.1, 0.15) is 17.4 Å². The summed E-state index contributed by atoms with van der Waals surface area (Å²) in [7, 11) is 1.96. The van der Waals surface area contributed by atoms with Gasteiger partial charge in [-0.3, -0.25) is 0 Å². The van der Waals surface area contributed by atoms with Gasteiger partial charge in [-0.05, 0) is 31.2 Å². The molecule has 0 unspecified atom stereocenters. The fourth-order valence-corrected chi connectivity index (χ4v) is 2.14. The molecule has 84 valence electrons. The molecular weight excluding hydrogens is 222 g/mol. The van der Waals surface area contributed by atoms with Gasteiger partial charge in [-0.1, -0.05) is 0 Å². The van der Waals surface area contributed by atoms with Gasteiger partial charge in [-0.15, -0.1) is 22.0 Å². The lowest BCUT2D eigenvalue weighted by Crippen LogP contribution is -1.97. The molecule has 1 aromatic heterocycles. The molecule has 0 aliphatic heterocycles. The predicted molar refractivity (Wildman–Crippen MR) is 63.4 cm³/mol. The van der Waals surface area contributed by atoms with E-state index in [9.17, 15) is 0 Å². The van der Waals surface area contributed by atoms with Crippen molar-refractivity contribution >= 4 is 11.8 Å². The van der Waals surface area contributed by atoms with E-state index in [2.05, 4.69) is 10.2 Å². The highest BCUT2D eigenvalue weighted by Crippen LogP contribution is 2.23. The van der Waals surface area contributed by atoms with E-state index in [1.54, 1.807) is 23.9 Å². The lowest BCUT2D eigenvalue weighted by molar-refractivity contribution is 0.475. The van der Waals surface area contributed by atoms with Crippen LogP contribution in [0, 0.1) is 6.92 Å². The summed E-state index contributed by atoms with van der Waals surface area (Å²) in [5, 5.41) is 17.2. The molecule has 0 amide bonds. The van der Waals surface area contributed by atoms with Crippen molar-refractivity contribution in [3.63, 3.8) is 0 Å². The zero-order valence-electron chi connectivity index (χ0n) is 9.21. The average Bonchev–Trinajstić information content (AvgIpc) is 2.60. The van der Waals surface area contributed by atoms with Gasteiger partial charge >= 0.3 is 0 Å². The zero-order valence-corrected chi connectivity index (χ0v) is 10.0. The number of aromatic hydroxyl groups is 1. The number of hydrogen-bond donors (Lipinski definition) is 1. The largest absolute Gasteiger partial charge is 0.508 e. The first kappa shape index (κ1) is 11.0. The van der Waals surface area contributed by atoms with E-state index in [0.717, 1.165) is 22.3 Å². The lowest BCUT2D eigenvalue weighted by atomic mass is 10.3. The Bertz CT molecular complexity index is 478. The summed E-state index contributed by atoms with van der Waals surface area (Å²) in [6.45, 7) is 1.93. The minimum Gasteiger partial charge on any atom is -0.508 e. The molecule has 0 saturated heterocycles. The van der Waals surface area contributed by atoms with Gasteiger partial charge in [0.15, 0.2) is 0 Å². The first-order valence-electron chi connectivity index (χ1n) is 4.93. The van der Waals surface area contributed by atoms with Crippen LogP contribution in [0.3, 0.4) is 0 Å². The summed E-state index contributed by atoms with van der Waals surface area (Å²) in [6.07, 6.45) is 0. The number of benzene rings is 1. The first-order valence-corrected chi connectivity index (χ1v) is 5.92. The monoisotopic (exact) mass is 235 g/mol. The molecule has 1 N–H and O–H groups in total. The summed E-state index contributed by atoms with van der Waals surface area (Å²) >= 11 is 1.68. The summed E-state index contributed by atoms with van der Waals surface area (Å²) < 4.78 is 1.98. The molecule has 4 nitrogen and oxygen atoms in total. The third-order valence-electron chi connectivity index (χ3n) is 2.39. The van der Waals surface area contributed by atoms with Gasteiger partial charge in [0.25, 0.3) is 0 Å². The minimum absolute atomic E-state index is 0.291. The zero-order chi connectivity index (χ0) is 11.5. The van der Waals surface area contributed by atoms with Crippen molar-refractivity contribution in [2.45, 2.75) is 17.6 Å². The number of thioether (sulfide) groups is 1. The molecule has 0 aliphatic rings. The maximum absolute atomic E-state index is 9.15. The number of nitrogens with zero attached hydrogens (tertiary/aromatic N) is 3. The van der Waals surface area contributed by atoms with Gasteiger partial charge in [-0.25, -0.2) is 0 Å². The van der Waals surface area contributed by atoms with E-state index in [1.165, 1.54) is 0 Å². The Hall–Kier alpha value is -1.49. The van der Waals surface area contributed by atoms with Crippen LogP contribution in [-0.4, -0.2) is 19.9 Å². The lowest BCUT2D eigenvalue weighted by Gasteiger charge is -2.02. The molecule has 5 heteroatoms. The van der Waals surface area contributed by atoms with Crippen LogP contribution in [0.5, 0.6) is 5.75 Å². The summed E-state index contributed by atoms with van der Waals surface area (Å²) in [5.41, 5.74) is 0. The molecule has 16 heavy (non-hydrogen) atoms. The van der Waals surface area contributed by atoms with E-state index < -0.39 is 0 Å². The molecule has 0 saturated carbocycles. The number of hydrogen-bond acceptors (Lipinski definition) is 4. The Balaban J connectivity index is 2.02. The highest BCUT2D eigenvalue weighted by Gasteiger charge is 2.05. The van der Waals surface area contributed by atoms with Crippen LogP contribution in [0.4, 0.5) is 0 Å². The van der Waals surface area contributed by atoms with Crippen molar-refractivity contribution in [2.24, 2.45) is 7.05 Å². The van der Waals surface area contributed by atoms with E-state index in [0.29, 0.717) is 5.75 Å². The number of rotatable bonds is 3. The number of phenols is 1. The summed E-state index contributed by atoms with van der Waals surface area (Å²) in [6, 6.07) is 7.15. The molecule has 0 aliphatic carbocycles. The molecule has 0 fully saturated rings. The van der Waals surface area contributed by atoms with Crippen molar-refractivity contribution in [3.05, 3.63) is 35.9 Å². The molecule has 0 atom stereocenters. The smallest absolute Gasteiger partial charge is 0.143 e. The second-order valence-corrected chi connectivity index (χ2v) is 4.55. The van der Waals surface area contributed by atoms with E-state index in [4.69, 9.17) is 5.11 Å². The number of phenolic OH excluding ortho intramolecular Hbond substituents is 1. The quantitative estimate of drug-likeness (QED) is 0.828. The maximum atomic E-state index is 9.15. The normalized spacial score (nSPS) is 10.6. The summed E-state index contributed by atoms with van der Waals surface area (Å²) in [4.78, 5) is 1.11. The van der Waals surface area contributed by atoms with E-state index >= 15 is 0 Å². The summed E-state index contributed by atoms with van der Waals surface area (Å²) in [5.74, 6) is 2.94. The highest BCUT2D eigenvalue weighted by molar-refractivity contribution is 7.98. The van der Waals surface area contributed by atoms with E-state index in [1.807, 2.05) is 30.7 Å². The molecule has 1 aromatic carbocycles. The molecule has 0 spiro atoms. The van der Waals surface area contributed by atoms with Crippen LogP contribution in [0.2, 0.25) is 0 Å². The average molecular weight is 235 g/mol. The Morgan fingerprint density at radius 2 is 1.94 bits per heavy atom. The van der Waals surface area contributed by atoms with Crippen LogP contribution in [0.25, 0.3) is 0 Å². The fraction of sp³-hybridized carbons (Fsp3) is 0.273. The van der Waals surface area contributed by atoms with Crippen LogP contribution >= 0.6 is 11.8 Å². The molecule has 0 radical (unpaired) electrons. The van der Waals surface area contributed by atoms with Gasteiger partial charge < -0.3 is 9.67 Å². The van der Waals surface area contributed by atoms with Gasteiger partial charge in [0.2, 0.25) is 0 Å². The highest BCUT2D eigenvalue weighted by atomic mass is 32.2. The van der Waals surface area contributed by atoms with Crippen molar-refractivity contribution in [1.29, 1.82) is 0 Å².